The third-order valence-electron chi connectivity index (χ3n) is 6.81. The van der Waals surface area contributed by atoms with E-state index in [1.165, 1.54) is 16.4 Å². The van der Waals surface area contributed by atoms with Crippen LogP contribution in [-0.2, 0) is 14.8 Å². The Morgan fingerprint density at radius 1 is 1.03 bits per heavy atom. The van der Waals surface area contributed by atoms with Crippen molar-refractivity contribution in [3.63, 3.8) is 0 Å². The summed E-state index contributed by atoms with van der Waals surface area (Å²) in [6, 6.07) is 13.8. The minimum absolute atomic E-state index is 0.0168. The number of para-hydroxylation sites is 1. The lowest BCUT2D eigenvalue weighted by atomic mass is 9.78. The second-order valence-electron chi connectivity index (χ2n) is 9.48. The Morgan fingerprint density at radius 2 is 1.74 bits per heavy atom. The Hall–Kier alpha value is -1.84. The van der Waals surface area contributed by atoms with Gasteiger partial charge in [0.15, 0.2) is 0 Å². The number of likely N-dealkylation sites (N-methyl/N-ethyl adjacent to an activating group) is 1. The van der Waals surface area contributed by atoms with Crippen LogP contribution in [0.15, 0.2) is 53.4 Å². The molecule has 0 N–H and O–H groups in total. The molecule has 0 unspecified atom stereocenters. The number of carbonyl (C=O) groups excluding carboxylic acids is 1. The van der Waals surface area contributed by atoms with Crippen molar-refractivity contribution in [3.8, 4) is 5.75 Å². The quantitative estimate of drug-likeness (QED) is 0.531. The van der Waals surface area contributed by atoms with E-state index in [-0.39, 0.29) is 35.4 Å². The van der Waals surface area contributed by atoms with E-state index in [0.29, 0.717) is 43.2 Å². The van der Waals surface area contributed by atoms with Crippen molar-refractivity contribution < 1.29 is 17.9 Å². The molecule has 0 saturated carbocycles. The SMILES string of the molecule is CN1CCN(C(=O)C[C@@]2(COc3ccccc3)CCCN(S(=O)(=O)c3cc(Cl)ccc3Cl)C2)CC1. The zero-order valence-electron chi connectivity index (χ0n) is 19.8. The highest BCUT2D eigenvalue weighted by Crippen LogP contribution is 2.38. The van der Waals surface area contributed by atoms with Crippen molar-refractivity contribution in [2.24, 2.45) is 5.41 Å². The van der Waals surface area contributed by atoms with Crippen LogP contribution in [0.25, 0.3) is 0 Å². The molecule has 4 rings (SSSR count). The van der Waals surface area contributed by atoms with Gasteiger partial charge in [-0.3, -0.25) is 4.79 Å². The summed E-state index contributed by atoms with van der Waals surface area (Å²) in [5, 5.41) is 0.425. The first kappa shape index (κ1) is 26.2. The summed E-state index contributed by atoms with van der Waals surface area (Å²) < 4.78 is 34.7. The van der Waals surface area contributed by atoms with Gasteiger partial charge in [-0.15, -0.1) is 0 Å². The van der Waals surface area contributed by atoms with Crippen LogP contribution >= 0.6 is 23.2 Å². The largest absolute Gasteiger partial charge is 0.493 e. The van der Waals surface area contributed by atoms with Crippen molar-refractivity contribution in [1.29, 1.82) is 0 Å². The molecule has 2 saturated heterocycles. The maximum absolute atomic E-state index is 13.6. The summed E-state index contributed by atoms with van der Waals surface area (Å²) in [7, 11) is -1.86. The van der Waals surface area contributed by atoms with Gasteiger partial charge in [-0.05, 0) is 50.2 Å². The van der Waals surface area contributed by atoms with Gasteiger partial charge in [0.25, 0.3) is 0 Å². The molecule has 2 aromatic carbocycles. The van der Waals surface area contributed by atoms with Gasteiger partial charge in [0, 0.05) is 56.1 Å². The van der Waals surface area contributed by atoms with E-state index in [4.69, 9.17) is 27.9 Å². The maximum Gasteiger partial charge on any atom is 0.244 e. The molecule has 0 aliphatic carbocycles. The summed E-state index contributed by atoms with van der Waals surface area (Å²) in [5.74, 6) is 0.728. The Balaban J connectivity index is 1.59. The highest BCUT2D eigenvalue weighted by atomic mass is 35.5. The van der Waals surface area contributed by atoms with Crippen molar-refractivity contribution in [1.82, 2.24) is 14.1 Å². The van der Waals surface area contributed by atoms with Gasteiger partial charge in [0.2, 0.25) is 15.9 Å². The van der Waals surface area contributed by atoms with Crippen LogP contribution in [0.2, 0.25) is 10.0 Å². The van der Waals surface area contributed by atoms with E-state index in [1.807, 2.05) is 42.3 Å². The van der Waals surface area contributed by atoms with E-state index in [9.17, 15) is 13.2 Å². The van der Waals surface area contributed by atoms with Crippen LogP contribution in [-0.4, -0.2) is 81.4 Å². The fourth-order valence-corrected chi connectivity index (χ4v) is 7.07. The molecule has 190 valence electrons. The summed E-state index contributed by atoms with van der Waals surface area (Å²) in [5.41, 5.74) is -0.660. The van der Waals surface area contributed by atoms with Crippen LogP contribution < -0.4 is 4.74 Å². The number of rotatable bonds is 7. The Morgan fingerprint density at radius 3 is 2.46 bits per heavy atom. The van der Waals surface area contributed by atoms with Gasteiger partial charge in [-0.25, -0.2) is 8.42 Å². The average Bonchev–Trinajstić information content (AvgIpc) is 2.85. The average molecular weight is 541 g/mol. The first-order valence-electron chi connectivity index (χ1n) is 11.8. The molecular formula is C25H31Cl2N3O4S. The van der Waals surface area contributed by atoms with E-state index in [1.54, 1.807) is 6.07 Å². The molecule has 0 radical (unpaired) electrons. The molecule has 2 fully saturated rings. The van der Waals surface area contributed by atoms with Gasteiger partial charge < -0.3 is 14.5 Å². The molecule has 10 heteroatoms. The van der Waals surface area contributed by atoms with Crippen molar-refractivity contribution in [2.75, 3.05) is 52.9 Å². The number of nitrogens with zero attached hydrogens (tertiary/aromatic N) is 3. The molecule has 0 spiro atoms. The second-order valence-corrected chi connectivity index (χ2v) is 12.2. The van der Waals surface area contributed by atoms with Crippen LogP contribution in [0.3, 0.4) is 0 Å². The number of piperidine rings is 1. The summed E-state index contributed by atoms with van der Waals surface area (Å²) in [6.45, 7) is 3.76. The standard InChI is InChI=1S/C25H31Cl2N3O4S/c1-28-12-14-29(15-13-28)24(31)17-25(19-34-21-6-3-2-4-7-21)10-5-11-30(18-25)35(32,33)23-16-20(26)8-9-22(23)27/h2-4,6-9,16H,5,10-15,17-19H2,1H3/t25-/m0/s1. The third kappa shape index (κ3) is 6.30. The molecule has 7 nitrogen and oxygen atoms in total. The third-order valence-corrected chi connectivity index (χ3v) is 9.37. The number of amides is 1. The number of piperazine rings is 1. The predicted molar refractivity (Wildman–Crippen MR) is 138 cm³/mol. The van der Waals surface area contributed by atoms with E-state index in [2.05, 4.69) is 4.90 Å². The van der Waals surface area contributed by atoms with Gasteiger partial charge in [0.05, 0.1) is 11.6 Å². The highest BCUT2D eigenvalue weighted by molar-refractivity contribution is 7.89. The number of hydrogen-bond acceptors (Lipinski definition) is 5. The van der Waals surface area contributed by atoms with Gasteiger partial charge in [0.1, 0.15) is 10.6 Å². The van der Waals surface area contributed by atoms with Gasteiger partial charge in [-0.1, -0.05) is 41.4 Å². The first-order chi connectivity index (χ1) is 16.7. The number of carbonyl (C=O) groups is 1. The number of ether oxygens (including phenoxy) is 1. The molecule has 0 bridgehead atoms. The number of hydrogen-bond donors (Lipinski definition) is 0. The lowest BCUT2D eigenvalue weighted by Gasteiger charge is -2.43. The molecule has 35 heavy (non-hydrogen) atoms. The second kappa shape index (κ2) is 11.0. The minimum atomic E-state index is -3.91. The zero-order valence-corrected chi connectivity index (χ0v) is 22.2. The molecule has 2 heterocycles. The van der Waals surface area contributed by atoms with Crippen molar-refractivity contribution in [2.45, 2.75) is 24.2 Å². The number of benzene rings is 2. The summed E-state index contributed by atoms with van der Waals surface area (Å²) in [6.07, 6.45) is 1.53. The van der Waals surface area contributed by atoms with Crippen LogP contribution in [0.4, 0.5) is 0 Å². The summed E-state index contributed by atoms with van der Waals surface area (Å²) in [4.78, 5) is 17.4. The lowest BCUT2D eigenvalue weighted by Crippen LogP contribution is -2.53. The van der Waals surface area contributed by atoms with E-state index < -0.39 is 15.4 Å². The number of sulfonamides is 1. The molecule has 2 aliphatic rings. The van der Waals surface area contributed by atoms with E-state index >= 15 is 0 Å². The molecular weight excluding hydrogens is 509 g/mol. The Kier molecular flexibility index (Phi) is 8.28. The van der Waals surface area contributed by atoms with Crippen molar-refractivity contribution >= 4 is 39.1 Å². The van der Waals surface area contributed by atoms with Crippen molar-refractivity contribution in [3.05, 3.63) is 58.6 Å². The predicted octanol–water partition coefficient (Wildman–Crippen LogP) is 4.01. The Bertz CT molecular complexity index is 1140. The molecule has 2 aromatic rings. The van der Waals surface area contributed by atoms with Crippen LogP contribution in [0, 0.1) is 5.41 Å². The molecule has 0 aromatic heterocycles. The molecule has 1 atom stereocenters. The van der Waals surface area contributed by atoms with Crippen LogP contribution in [0.5, 0.6) is 5.75 Å². The molecule has 2 aliphatic heterocycles. The molecule has 1 amide bonds. The maximum atomic E-state index is 13.6. The lowest BCUT2D eigenvalue weighted by molar-refractivity contribution is -0.136. The number of halogens is 2. The Labute approximate surface area is 217 Å². The fourth-order valence-electron chi connectivity index (χ4n) is 4.74. The monoisotopic (exact) mass is 539 g/mol. The smallest absolute Gasteiger partial charge is 0.244 e. The van der Waals surface area contributed by atoms with Gasteiger partial charge in [-0.2, -0.15) is 4.31 Å². The minimum Gasteiger partial charge on any atom is -0.493 e. The van der Waals surface area contributed by atoms with E-state index in [0.717, 1.165) is 13.1 Å². The normalized spacial score (nSPS) is 22.2. The van der Waals surface area contributed by atoms with Crippen LogP contribution in [0.1, 0.15) is 19.3 Å². The zero-order chi connectivity index (χ0) is 25.1. The first-order valence-corrected chi connectivity index (χ1v) is 14.0. The fraction of sp³-hybridized carbons (Fsp3) is 0.480. The summed E-state index contributed by atoms with van der Waals surface area (Å²) >= 11 is 12.3. The van der Waals surface area contributed by atoms with Gasteiger partial charge >= 0.3 is 0 Å². The highest BCUT2D eigenvalue weighted by Gasteiger charge is 2.43. The topological polar surface area (TPSA) is 70.2 Å².